The van der Waals surface area contributed by atoms with Crippen molar-refractivity contribution in [3.63, 3.8) is 0 Å². The summed E-state index contributed by atoms with van der Waals surface area (Å²) in [6.07, 6.45) is -6.11. The fourth-order valence-corrected chi connectivity index (χ4v) is 2.89. The van der Waals surface area contributed by atoms with Gasteiger partial charge in [-0.15, -0.1) is 0 Å². The van der Waals surface area contributed by atoms with Crippen LogP contribution in [0.4, 0.5) is 23.2 Å². The SMILES string of the molecule is [C-]#[N+]c1ccc(C#Cc2ccc(F)c([C@]3(C)C[C@@H](C(F)(F)F)OC(N)=N3)c2)nc1. The Bertz CT molecular complexity index is 1060. The maximum Gasteiger partial charge on any atom is 0.425 e. The topological polar surface area (TPSA) is 64.9 Å². The van der Waals surface area contributed by atoms with Crippen LogP contribution in [0.1, 0.15) is 30.2 Å². The number of amidine groups is 1. The van der Waals surface area contributed by atoms with Crippen molar-refractivity contribution in [2.45, 2.75) is 31.2 Å². The normalized spacial score (nSPS) is 21.2. The number of hydrogen-bond acceptors (Lipinski definition) is 4. The van der Waals surface area contributed by atoms with E-state index in [9.17, 15) is 17.6 Å². The molecule has 1 aromatic heterocycles. The van der Waals surface area contributed by atoms with Gasteiger partial charge in [-0.05, 0) is 37.1 Å². The first-order valence-corrected chi connectivity index (χ1v) is 8.35. The van der Waals surface area contributed by atoms with Crippen LogP contribution in [0.2, 0.25) is 0 Å². The Morgan fingerprint density at radius 2 is 2.03 bits per heavy atom. The van der Waals surface area contributed by atoms with Gasteiger partial charge in [-0.25, -0.2) is 14.2 Å². The predicted octanol–water partition coefficient (Wildman–Crippen LogP) is 4.05. The molecule has 2 atom stereocenters. The Balaban J connectivity index is 1.96. The lowest BCUT2D eigenvalue weighted by molar-refractivity contribution is -0.208. The van der Waals surface area contributed by atoms with Crippen molar-refractivity contribution in [3.8, 4) is 11.8 Å². The molecule has 0 amide bonds. The van der Waals surface area contributed by atoms with Gasteiger partial charge in [0.15, 0.2) is 6.10 Å². The van der Waals surface area contributed by atoms with Gasteiger partial charge >= 0.3 is 6.18 Å². The number of hydrogen-bond donors (Lipinski definition) is 1. The molecule has 2 heterocycles. The standard InChI is InChI=1S/C20H14F4N4O/c1-19(10-17(20(22,23)24)29-18(25)28-19)15-9-12(4-8-16(15)21)3-5-13-6-7-14(26-2)11-27-13/h4,6-9,11,17H,10H2,1H3,(H2,25,28)/t17-,19-/m0/s1. The summed E-state index contributed by atoms with van der Waals surface area (Å²) in [4.78, 5) is 11.2. The molecule has 1 aliphatic rings. The van der Waals surface area contributed by atoms with Crippen molar-refractivity contribution in [3.05, 3.63) is 70.6 Å². The number of aromatic nitrogens is 1. The van der Waals surface area contributed by atoms with Crippen molar-refractivity contribution in [1.29, 1.82) is 0 Å². The summed E-state index contributed by atoms with van der Waals surface area (Å²) in [5.41, 5.74) is 4.91. The van der Waals surface area contributed by atoms with E-state index >= 15 is 0 Å². The summed E-state index contributed by atoms with van der Waals surface area (Å²) < 4.78 is 58.5. The summed E-state index contributed by atoms with van der Waals surface area (Å²) in [6.45, 7) is 8.25. The van der Waals surface area contributed by atoms with Crippen molar-refractivity contribution >= 4 is 11.7 Å². The number of benzene rings is 1. The van der Waals surface area contributed by atoms with Gasteiger partial charge < -0.3 is 10.5 Å². The van der Waals surface area contributed by atoms with Gasteiger partial charge in [0.25, 0.3) is 6.02 Å². The first kappa shape index (κ1) is 20.2. The molecule has 1 aromatic carbocycles. The lowest BCUT2D eigenvalue weighted by atomic mass is 9.85. The highest BCUT2D eigenvalue weighted by molar-refractivity contribution is 5.73. The Morgan fingerprint density at radius 3 is 2.66 bits per heavy atom. The molecule has 0 radical (unpaired) electrons. The lowest BCUT2D eigenvalue weighted by Crippen LogP contribution is -2.46. The first-order valence-electron chi connectivity index (χ1n) is 8.35. The van der Waals surface area contributed by atoms with Gasteiger partial charge in [0, 0.05) is 23.7 Å². The molecule has 0 fully saturated rings. The Morgan fingerprint density at radius 1 is 1.28 bits per heavy atom. The van der Waals surface area contributed by atoms with Gasteiger partial charge in [0.2, 0.25) is 5.69 Å². The Hall–Kier alpha value is -3.59. The number of halogens is 4. The van der Waals surface area contributed by atoms with Crippen LogP contribution < -0.4 is 5.73 Å². The fourth-order valence-electron chi connectivity index (χ4n) is 2.89. The molecule has 1 aliphatic heterocycles. The summed E-state index contributed by atoms with van der Waals surface area (Å²) in [7, 11) is 0. The highest BCUT2D eigenvalue weighted by Gasteiger charge is 2.50. The molecule has 3 rings (SSSR count). The molecule has 0 bridgehead atoms. The third kappa shape index (κ3) is 4.46. The predicted molar refractivity (Wildman–Crippen MR) is 97.4 cm³/mol. The minimum atomic E-state index is -4.67. The molecular formula is C20H14F4N4O. The molecule has 0 saturated heterocycles. The second-order valence-electron chi connectivity index (χ2n) is 6.53. The molecule has 0 spiro atoms. The Labute approximate surface area is 164 Å². The largest absolute Gasteiger partial charge is 0.452 e. The number of aliphatic imine (C=N–C) groups is 1. The van der Waals surface area contributed by atoms with E-state index in [2.05, 4.69) is 31.4 Å². The van der Waals surface area contributed by atoms with E-state index in [1.807, 2.05) is 0 Å². The van der Waals surface area contributed by atoms with Crippen LogP contribution in [0.3, 0.4) is 0 Å². The summed E-state index contributed by atoms with van der Waals surface area (Å²) in [6, 6.07) is 6.31. The number of alkyl halides is 3. The fraction of sp³-hybridized carbons (Fsp3) is 0.250. The van der Waals surface area contributed by atoms with Crippen LogP contribution in [-0.4, -0.2) is 23.3 Å². The highest BCUT2D eigenvalue weighted by Crippen LogP contribution is 2.40. The minimum Gasteiger partial charge on any atom is -0.452 e. The van der Waals surface area contributed by atoms with E-state index in [0.29, 0.717) is 16.9 Å². The third-order valence-electron chi connectivity index (χ3n) is 4.33. The smallest absolute Gasteiger partial charge is 0.425 e. The van der Waals surface area contributed by atoms with Crippen molar-refractivity contribution in [2.75, 3.05) is 0 Å². The van der Waals surface area contributed by atoms with E-state index in [1.165, 1.54) is 25.3 Å². The monoisotopic (exact) mass is 402 g/mol. The third-order valence-corrected chi connectivity index (χ3v) is 4.33. The molecule has 0 saturated carbocycles. The average Bonchev–Trinajstić information content (AvgIpc) is 2.66. The average molecular weight is 402 g/mol. The zero-order valence-electron chi connectivity index (χ0n) is 15.1. The zero-order chi connectivity index (χ0) is 21.2. The molecule has 0 unspecified atom stereocenters. The zero-order valence-corrected chi connectivity index (χ0v) is 15.1. The van der Waals surface area contributed by atoms with Crippen LogP contribution in [0.15, 0.2) is 41.5 Å². The number of pyridine rings is 1. The second kappa shape index (κ2) is 7.44. The van der Waals surface area contributed by atoms with E-state index in [0.717, 1.165) is 6.07 Å². The van der Waals surface area contributed by atoms with Crippen LogP contribution in [-0.2, 0) is 10.3 Å². The second-order valence-corrected chi connectivity index (χ2v) is 6.53. The summed E-state index contributed by atoms with van der Waals surface area (Å²) in [5.74, 6) is 4.82. The van der Waals surface area contributed by atoms with Gasteiger partial charge in [-0.1, -0.05) is 12.0 Å². The molecule has 0 aliphatic carbocycles. The highest BCUT2D eigenvalue weighted by atomic mass is 19.4. The number of rotatable bonds is 1. The molecule has 2 N–H and O–H groups in total. The van der Waals surface area contributed by atoms with Crippen LogP contribution in [0.5, 0.6) is 0 Å². The van der Waals surface area contributed by atoms with Crippen LogP contribution in [0.25, 0.3) is 4.85 Å². The van der Waals surface area contributed by atoms with Crippen molar-refractivity contribution < 1.29 is 22.3 Å². The quantitative estimate of drug-likeness (QED) is 0.445. The van der Waals surface area contributed by atoms with E-state index in [-0.39, 0.29) is 5.56 Å². The van der Waals surface area contributed by atoms with E-state index in [4.69, 9.17) is 12.3 Å². The molecule has 9 heteroatoms. The Kier molecular flexibility index (Phi) is 5.17. The number of nitrogens with two attached hydrogens (primary N) is 1. The van der Waals surface area contributed by atoms with E-state index < -0.39 is 36.1 Å². The lowest BCUT2D eigenvalue weighted by Gasteiger charge is -2.35. The van der Waals surface area contributed by atoms with Gasteiger partial charge in [0.1, 0.15) is 11.5 Å². The molecule has 148 valence electrons. The van der Waals surface area contributed by atoms with Gasteiger partial charge in [-0.3, -0.25) is 4.98 Å². The van der Waals surface area contributed by atoms with Crippen LogP contribution in [0, 0.1) is 24.2 Å². The number of ether oxygens (including phenoxy) is 1. The number of nitrogens with zero attached hydrogens (tertiary/aromatic N) is 3. The van der Waals surface area contributed by atoms with Crippen molar-refractivity contribution in [1.82, 2.24) is 4.98 Å². The maximum absolute atomic E-state index is 14.5. The summed E-state index contributed by atoms with van der Waals surface area (Å²) in [5, 5.41) is 0. The minimum absolute atomic E-state index is 0.0684. The van der Waals surface area contributed by atoms with E-state index in [1.54, 1.807) is 12.1 Å². The summed E-state index contributed by atoms with van der Waals surface area (Å²) >= 11 is 0. The molecule has 5 nitrogen and oxygen atoms in total. The maximum atomic E-state index is 14.5. The van der Waals surface area contributed by atoms with Gasteiger partial charge in [0.05, 0.1) is 12.1 Å². The molecule has 29 heavy (non-hydrogen) atoms. The van der Waals surface area contributed by atoms with Crippen molar-refractivity contribution in [2.24, 2.45) is 10.7 Å². The van der Waals surface area contributed by atoms with Crippen LogP contribution >= 0.6 is 0 Å². The molecular weight excluding hydrogens is 388 g/mol. The molecule has 2 aromatic rings. The van der Waals surface area contributed by atoms with Gasteiger partial charge in [-0.2, -0.15) is 13.2 Å². The first-order chi connectivity index (χ1) is 13.6.